The van der Waals surface area contributed by atoms with Crippen LogP contribution >= 0.6 is 0 Å². The number of carboxylic acid groups (broad SMARTS) is 1. The van der Waals surface area contributed by atoms with E-state index in [4.69, 9.17) is 0 Å². The molecule has 9 heteroatoms. The maximum atomic E-state index is 13.0. The Labute approximate surface area is 194 Å². The van der Waals surface area contributed by atoms with Gasteiger partial charge in [-0.05, 0) is 53.3 Å². The van der Waals surface area contributed by atoms with Gasteiger partial charge in [0, 0.05) is 12.2 Å². The summed E-state index contributed by atoms with van der Waals surface area (Å²) in [7, 11) is -3.33. The fourth-order valence-corrected chi connectivity index (χ4v) is 5.18. The maximum Gasteiger partial charge on any atom is 0.408 e. The predicted octanol–water partition coefficient (Wildman–Crippen LogP) is 3.52. The van der Waals surface area contributed by atoms with Gasteiger partial charge in [-0.15, -0.1) is 0 Å². The number of hydrogen-bond acceptors (Lipinski definition) is 5. The third-order valence-electron chi connectivity index (χ3n) is 6.02. The molecule has 3 rings (SSSR count). The third kappa shape index (κ3) is 5.20. The average molecular weight is 475 g/mol. The van der Waals surface area contributed by atoms with Crippen LogP contribution < -0.4 is 5.32 Å². The number of amides is 2. The van der Waals surface area contributed by atoms with Gasteiger partial charge in [-0.3, -0.25) is 9.69 Å². The minimum Gasteiger partial charge on any atom is -0.465 e. The number of carbonyl (C=O) groups excluding carboxylic acids is 1. The lowest BCUT2D eigenvalue weighted by molar-refractivity contribution is 0.0929. The molecule has 0 fully saturated rings. The van der Waals surface area contributed by atoms with Gasteiger partial charge < -0.3 is 15.5 Å². The summed E-state index contributed by atoms with van der Waals surface area (Å²) in [6, 6.07) is 10.7. The van der Waals surface area contributed by atoms with Crippen LogP contribution in [0.3, 0.4) is 0 Å². The molecule has 0 saturated heterocycles. The topological polar surface area (TPSA) is 124 Å². The van der Waals surface area contributed by atoms with E-state index in [0.29, 0.717) is 11.1 Å². The molecule has 0 spiro atoms. The molecule has 2 aromatic carbocycles. The van der Waals surface area contributed by atoms with Crippen molar-refractivity contribution in [3.05, 3.63) is 64.7 Å². The highest BCUT2D eigenvalue weighted by atomic mass is 32.2. The molecule has 1 heterocycles. The Morgan fingerprint density at radius 1 is 1.15 bits per heavy atom. The zero-order valence-corrected chi connectivity index (χ0v) is 19.8. The number of carbonyl (C=O) groups is 2. The highest BCUT2D eigenvalue weighted by Gasteiger charge is 2.35. The molecule has 1 aliphatic heterocycles. The second-order valence-electron chi connectivity index (χ2n) is 8.52. The molecule has 33 heavy (non-hydrogen) atoms. The van der Waals surface area contributed by atoms with Crippen LogP contribution in [0.25, 0.3) is 0 Å². The monoisotopic (exact) mass is 474 g/mol. The van der Waals surface area contributed by atoms with Gasteiger partial charge in [0.15, 0.2) is 9.84 Å². The van der Waals surface area contributed by atoms with E-state index in [0.717, 1.165) is 11.1 Å². The van der Waals surface area contributed by atoms with Crippen LogP contribution in [0.4, 0.5) is 4.79 Å². The van der Waals surface area contributed by atoms with Gasteiger partial charge >= 0.3 is 6.09 Å². The summed E-state index contributed by atoms with van der Waals surface area (Å²) in [5.74, 6) is -0.259. The number of benzene rings is 2. The molecule has 1 aliphatic rings. The Hall–Kier alpha value is -2.91. The van der Waals surface area contributed by atoms with Gasteiger partial charge in [-0.25, -0.2) is 13.2 Å². The number of aliphatic hydroxyl groups excluding tert-OH is 1. The van der Waals surface area contributed by atoms with Crippen molar-refractivity contribution in [3.8, 4) is 0 Å². The minimum absolute atomic E-state index is 0.00153. The zero-order valence-electron chi connectivity index (χ0n) is 19.0. The van der Waals surface area contributed by atoms with Crippen molar-refractivity contribution in [2.75, 3.05) is 12.4 Å². The standard InChI is InChI=1S/C24H30N2O6S/c1-4-33(31,32)19-8-5-16(6-9-19)21(11-12-27)25-23(28)17-7-10-20-18(13-17)14-26(24(29)30)22(20)15(2)3/h5-10,13,15,21-22,27H,4,11-12,14H2,1-3H3,(H,25,28)(H,29,30)/t21-,22+/m0/s1. The van der Waals surface area contributed by atoms with Gasteiger partial charge in [0.1, 0.15) is 0 Å². The molecule has 3 N–H and O–H groups in total. The van der Waals surface area contributed by atoms with Crippen LogP contribution in [-0.4, -0.2) is 47.9 Å². The molecule has 178 valence electrons. The van der Waals surface area contributed by atoms with E-state index in [9.17, 15) is 28.2 Å². The van der Waals surface area contributed by atoms with Crippen LogP contribution in [-0.2, 0) is 16.4 Å². The highest BCUT2D eigenvalue weighted by molar-refractivity contribution is 7.91. The molecule has 0 aliphatic carbocycles. The SMILES string of the molecule is CCS(=O)(=O)c1ccc([C@H](CCO)NC(=O)c2ccc3c(c2)CN(C(=O)O)[C@@H]3C(C)C)cc1. The van der Waals surface area contributed by atoms with Gasteiger partial charge in [0.05, 0.1) is 29.3 Å². The largest absolute Gasteiger partial charge is 0.465 e. The first-order valence-corrected chi connectivity index (χ1v) is 12.6. The summed E-state index contributed by atoms with van der Waals surface area (Å²) in [4.78, 5) is 26.3. The molecule has 2 aromatic rings. The Bertz CT molecular complexity index is 1130. The average Bonchev–Trinajstić information content (AvgIpc) is 3.18. The molecular weight excluding hydrogens is 444 g/mol. The van der Waals surface area contributed by atoms with E-state index >= 15 is 0 Å². The van der Waals surface area contributed by atoms with Crippen molar-refractivity contribution in [1.82, 2.24) is 10.2 Å². The summed E-state index contributed by atoms with van der Waals surface area (Å²) < 4.78 is 24.1. The first kappa shape index (κ1) is 24.7. The van der Waals surface area contributed by atoms with Crippen LogP contribution in [0.15, 0.2) is 47.4 Å². The fourth-order valence-electron chi connectivity index (χ4n) is 4.29. The van der Waals surface area contributed by atoms with Crippen molar-refractivity contribution in [2.45, 2.75) is 50.7 Å². The first-order chi connectivity index (χ1) is 15.6. The number of aliphatic hydroxyl groups is 1. The lowest BCUT2D eigenvalue weighted by Crippen LogP contribution is -2.30. The van der Waals surface area contributed by atoms with E-state index in [1.165, 1.54) is 17.0 Å². The lowest BCUT2D eigenvalue weighted by atomic mass is 9.94. The predicted molar refractivity (Wildman–Crippen MR) is 124 cm³/mol. The summed E-state index contributed by atoms with van der Waals surface area (Å²) in [5.41, 5.74) is 2.79. The van der Waals surface area contributed by atoms with Crippen LogP contribution in [0.1, 0.15) is 66.3 Å². The molecule has 8 nitrogen and oxygen atoms in total. The van der Waals surface area contributed by atoms with Crippen molar-refractivity contribution in [2.24, 2.45) is 5.92 Å². The minimum atomic E-state index is -3.33. The maximum absolute atomic E-state index is 13.0. The molecule has 0 bridgehead atoms. The van der Waals surface area contributed by atoms with Crippen LogP contribution in [0.2, 0.25) is 0 Å². The van der Waals surface area contributed by atoms with Crippen molar-refractivity contribution in [1.29, 1.82) is 0 Å². The zero-order chi connectivity index (χ0) is 24.3. The van der Waals surface area contributed by atoms with E-state index in [1.54, 1.807) is 31.2 Å². The van der Waals surface area contributed by atoms with Gasteiger partial charge in [0.25, 0.3) is 5.91 Å². The van der Waals surface area contributed by atoms with E-state index in [1.807, 2.05) is 19.9 Å². The van der Waals surface area contributed by atoms with Crippen molar-refractivity contribution < 1.29 is 28.2 Å². The number of fused-ring (bicyclic) bond motifs is 1. The summed E-state index contributed by atoms with van der Waals surface area (Å²) >= 11 is 0. The quantitative estimate of drug-likeness (QED) is 0.538. The van der Waals surface area contributed by atoms with Gasteiger partial charge in [-0.1, -0.05) is 39.0 Å². The van der Waals surface area contributed by atoms with E-state index < -0.39 is 22.0 Å². The Morgan fingerprint density at radius 3 is 2.36 bits per heavy atom. The molecule has 0 unspecified atom stereocenters. The number of rotatable bonds is 8. The van der Waals surface area contributed by atoms with Gasteiger partial charge in [0.2, 0.25) is 0 Å². The first-order valence-electron chi connectivity index (χ1n) is 11.0. The van der Waals surface area contributed by atoms with Crippen LogP contribution in [0.5, 0.6) is 0 Å². The lowest BCUT2D eigenvalue weighted by Gasteiger charge is -2.25. The Balaban J connectivity index is 1.82. The normalized spacial score (nSPS) is 16.5. The number of hydrogen-bond donors (Lipinski definition) is 3. The molecule has 2 amide bonds. The molecular formula is C24H30N2O6S. The van der Waals surface area contributed by atoms with Crippen molar-refractivity contribution in [3.63, 3.8) is 0 Å². The number of nitrogens with zero attached hydrogens (tertiary/aromatic N) is 1. The molecule has 0 aromatic heterocycles. The van der Waals surface area contributed by atoms with E-state index in [-0.39, 0.29) is 48.1 Å². The summed E-state index contributed by atoms with van der Waals surface area (Å²) in [6.07, 6.45) is -0.730. The molecule has 0 radical (unpaired) electrons. The second kappa shape index (κ2) is 9.93. The Morgan fingerprint density at radius 2 is 1.82 bits per heavy atom. The second-order valence-corrected chi connectivity index (χ2v) is 10.8. The highest BCUT2D eigenvalue weighted by Crippen LogP contribution is 2.39. The van der Waals surface area contributed by atoms with Crippen molar-refractivity contribution >= 4 is 21.8 Å². The van der Waals surface area contributed by atoms with Crippen LogP contribution in [0, 0.1) is 5.92 Å². The Kier molecular flexibility index (Phi) is 7.44. The smallest absolute Gasteiger partial charge is 0.408 e. The number of sulfone groups is 1. The third-order valence-corrected chi connectivity index (χ3v) is 7.77. The fraction of sp³-hybridized carbons (Fsp3) is 0.417. The summed E-state index contributed by atoms with van der Waals surface area (Å²) in [5, 5.41) is 21.9. The number of nitrogens with one attached hydrogen (secondary N) is 1. The van der Waals surface area contributed by atoms with Gasteiger partial charge in [-0.2, -0.15) is 0 Å². The molecule has 0 saturated carbocycles. The molecule has 2 atom stereocenters. The summed E-state index contributed by atoms with van der Waals surface area (Å²) in [6.45, 7) is 5.57. The van der Waals surface area contributed by atoms with E-state index in [2.05, 4.69) is 5.32 Å².